The Bertz CT molecular complexity index is 1010. The SMILES string of the molecule is CC(C)(NC(=O)[C@@H]1CCCN1C(=O)[C@@H](N1C=C(C2CC2)[NH2+]1)C(C)(C)C)c1cccc(C#N)c1. The van der Waals surface area contributed by atoms with E-state index in [1.165, 1.54) is 18.5 Å². The van der Waals surface area contributed by atoms with Gasteiger partial charge in [0.1, 0.15) is 12.2 Å². The number of allylic oxidation sites excluding steroid dienone is 1. The number of quaternary nitrogens is 1. The number of benzene rings is 1. The minimum Gasteiger partial charge on any atom is -0.345 e. The second-order valence-electron chi connectivity index (χ2n) is 11.2. The largest absolute Gasteiger partial charge is 0.345 e. The highest BCUT2D eigenvalue weighted by Gasteiger charge is 2.49. The molecular weight excluding hydrogens is 414 g/mol. The van der Waals surface area contributed by atoms with Crippen LogP contribution in [0.2, 0.25) is 0 Å². The van der Waals surface area contributed by atoms with Crippen molar-refractivity contribution in [1.29, 1.82) is 5.26 Å². The fourth-order valence-corrected chi connectivity index (χ4v) is 4.96. The number of nitrogens with zero attached hydrogens (tertiary/aromatic N) is 3. The molecule has 0 spiro atoms. The number of hydrogen-bond acceptors (Lipinski definition) is 4. The predicted molar refractivity (Wildman–Crippen MR) is 125 cm³/mol. The van der Waals surface area contributed by atoms with Crippen LogP contribution in [0.3, 0.4) is 0 Å². The number of nitrogens with one attached hydrogen (secondary N) is 1. The van der Waals surface area contributed by atoms with E-state index in [9.17, 15) is 14.9 Å². The van der Waals surface area contributed by atoms with Crippen LogP contribution in [0.15, 0.2) is 36.2 Å². The lowest BCUT2D eigenvalue weighted by molar-refractivity contribution is -0.792. The fourth-order valence-electron chi connectivity index (χ4n) is 4.96. The smallest absolute Gasteiger partial charge is 0.252 e. The maximum absolute atomic E-state index is 13.8. The highest BCUT2D eigenvalue weighted by atomic mass is 16.2. The minimum absolute atomic E-state index is 0.0202. The van der Waals surface area contributed by atoms with E-state index in [1.54, 1.807) is 17.0 Å². The van der Waals surface area contributed by atoms with Crippen molar-refractivity contribution in [1.82, 2.24) is 15.2 Å². The van der Waals surface area contributed by atoms with E-state index in [4.69, 9.17) is 0 Å². The van der Waals surface area contributed by atoms with Gasteiger partial charge in [-0.3, -0.25) is 9.59 Å². The van der Waals surface area contributed by atoms with Gasteiger partial charge in [0, 0.05) is 12.5 Å². The Hall–Kier alpha value is -2.85. The molecule has 3 N–H and O–H groups in total. The van der Waals surface area contributed by atoms with Gasteiger partial charge < -0.3 is 10.2 Å². The summed E-state index contributed by atoms with van der Waals surface area (Å²) in [5.41, 5.74) is 3.98. The second kappa shape index (κ2) is 8.49. The maximum atomic E-state index is 13.8. The number of likely N-dealkylation sites (tertiary alicyclic amines) is 1. The molecule has 7 heteroatoms. The average Bonchev–Trinajstić information content (AvgIpc) is 3.42. The standard InChI is InChI=1S/C26H35N5O2/c1-25(2,3)22(31-16-20(29-31)18-11-12-18)24(33)30-13-7-10-21(30)23(32)28-26(4,5)19-9-6-8-17(14-19)15-27/h6,8-9,14,16,18,21-22,29H,7,10-13H2,1-5H3,(H,28,32)/p+1/t21-,22+/m0/s1. The summed E-state index contributed by atoms with van der Waals surface area (Å²) in [4.78, 5) is 28.9. The van der Waals surface area contributed by atoms with Gasteiger partial charge in [-0.1, -0.05) is 32.9 Å². The first kappa shape index (κ1) is 23.3. The van der Waals surface area contributed by atoms with Gasteiger partial charge in [-0.2, -0.15) is 5.26 Å². The Labute approximate surface area is 196 Å². The van der Waals surface area contributed by atoms with Gasteiger partial charge in [-0.05, 0) is 62.6 Å². The third-order valence-corrected chi connectivity index (χ3v) is 6.98. The molecule has 0 unspecified atom stereocenters. The van der Waals surface area contributed by atoms with Crippen molar-refractivity contribution in [3.05, 3.63) is 47.3 Å². The van der Waals surface area contributed by atoms with Crippen molar-refractivity contribution in [2.75, 3.05) is 6.54 Å². The Morgan fingerprint density at radius 1 is 1.18 bits per heavy atom. The first-order valence-corrected chi connectivity index (χ1v) is 12.0. The number of rotatable bonds is 6. The molecule has 176 valence electrons. The first-order chi connectivity index (χ1) is 15.5. The van der Waals surface area contributed by atoms with Gasteiger partial charge in [0.05, 0.1) is 17.2 Å². The van der Waals surface area contributed by atoms with Crippen LogP contribution >= 0.6 is 0 Å². The maximum Gasteiger partial charge on any atom is 0.252 e. The summed E-state index contributed by atoms with van der Waals surface area (Å²) < 4.78 is 0. The third kappa shape index (κ3) is 4.77. The lowest BCUT2D eigenvalue weighted by Crippen LogP contribution is -3.00. The number of nitrogens with two attached hydrogens (primary N) is 1. The van der Waals surface area contributed by atoms with Crippen LogP contribution in [0.4, 0.5) is 0 Å². The van der Waals surface area contributed by atoms with Crippen LogP contribution < -0.4 is 10.7 Å². The summed E-state index contributed by atoms with van der Waals surface area (Å²) in [6, 6.07) is 8.65. The summed E-state index contributed by atoms with van der Waals surface area (Å²) in [5, 5.41) is 14.4. The van der Waals surface area contributed by atoms with Crippen LogP contribution in [0, 0.1) is 22.7 Å². The van der Waals surface area contributed by atoms with E-state index < -0.39 is 11.6 Å². The average molecular weight is 451 g/mol. The zero-order valence-electron chi connectivity index (χ0n) is 20.4. The Morgan fingerprint density at radius 3 is 2.48 bits per heavy atom. The van der Waals surface area contributed by atoms with E-state index in [0.29, 0.717) is 24.4 Å². The summed E-state index contributed by atoms with van der Waals surface area (Å²) in [7, 11) is 0. The van der Waals surface area contributed by atoms with Crippen LogP contribution in [-0.4, -0.2) is 40.4 Å². The van der Waals surface area contributed by atoms with Gasteiger partial charge in [0.15, 0.2) is 11.7 Å². The minimum atomic E-state index is -0.655. The van der Waals surface area contributed by atoms with E-state index in [2.05, 4.69) is 48.8 Å². The molecule has 2 atom stereocenters. The number of amides is 2. The number of hydrogen-bond donors (Lipinski definition) is 2. The topological polar surface area (TPSA) is 93.1 Å². The van der Waals surface area contributed by atoms with E-state index in [-0.39, 0.29) is 23.3 Å². The van der Waals surface area contributed by atoms with Gasteiger partial charge in [-0.15, -0.1) is 0 Å². The molecule has 1 saturated carbocycles. The first-order valence-electron chi connectivity index (χ1n) is 12.0. The summed E-state index contributed by atoms with van der Waals surface area (Å²) in [5.74, 6) is 0.554. The van der Waals surface area contributed by atoms with Crippen molar-refractivity contribution in [3.63, 3.8) is 0 Å². The zero-order chi connectivity index (χ0) is 24.0. The van der Waals surface area contributed by atoms with Crippen molar-refractivity contribution in [3.8, 4) is 6.07 Å². The van der Waals surface area contributed by atoms with Gasteiger partial charge >= 0.3 is 0 Å². The monoisotopic (exact) mass is 450 g/mol. The molecule has 1 aromatic carbocycles. The Kier molecular flexibility index (Phi) is 6.00. The highest BCUT2D eigenvalue weighted by Crippen LogP contribution is 2.37. The molecule has 2 heterocycles. The highest BCUT2D eigenvalue weighted by molar-refractivity contribution is 5.91. The summed E-state index contributed by atoms with van der Waals surface area (Å²) in [6.45, 7) is 10.7. The Morgan fingerprint density at radius 2 is 1.88 bits per heavy atom. The molecule has 0 bridgehead atoms. The number of carbonyl (C=O) groups excluding carboxylic acids is 2. The molecule has 1 aliphatic carbocycles. The molecule has 2 amide bonds. The molecular formula is C26H36N5O2+. The second-order valence-corrected chi connectivity index (χ2v) is 11.2. The molecule has 33 heavy (non-hydrogen) atoms. The number of nitriles is 1. The lowest BCUT2D eigenvalue weighted by atomic mass is 9.84. The zero-order valence-corrected chi connectivity index (χ0v) is 20.4. The van der Waals surface area contributed by atoms with Crippen LogP contribution in [0.5, 0.6) is 0 Å². The molecule has 0 aromatic heterocycles. The van der Waals surface area contributed by atoms with E-state index in [1.807, 2.05) is 26.0 Å². The quantitative estimate of drug-likeness (QED) is 0.651. The molecule has 3 aliphatic rings. The molecule has 1 saturated heterocycles. The fraction of sp³-hybridized carbons (Fsp3) is 0.577. The normalized spacial score (nSPS) is 21.7. The van der Waals surface area contributed by atoms with Gasteiger partial charge in [-0.25, -0.2) is 10.4 Å². The van der Waals surface area contributed by atoms with Crippen molar-refractivity contribution >= 4 is 11.8 Å². The molecule has 7 nitrogen and oxygen atoms in total. The van der Waals surface area contributed by atoms with Gasteiger partial charge in [0.2, 0.25) is 5.91 Å². The van der Waals surface area contributed by atoms with Crippen molar-refractivity contribution in [2.24, 2.45) is 11.3 Å². The molecule has 0 radical (unpaired) electrons. The number of carbonyl (C=O) groups is 2. The van der Waals surface area contributed by atoms with E-state index >= 15 is 0 Å². The van der Waals surface area contributed by atoms with E-state index in [0.717, 1.165) is 12.0 Å². The molecule has 1 aromatic rings. The van der Waals surface area contributed by atoms with Crippen molar-refractivity contribution in [2.45, 2.75) is 77.9 Å². The summed E-state index contributed by atoms with van der Waals surface area (Å²) >= 11 is 0. The lowest BCUT2D eigenvalue weighted by Gasteiger charge is -2.42. The summed E-state index contributed by atoms with van der Waals surface area (Å²) in [6.07, 6.45) is 6.09. The van der Waals surface area contributed by atoms with Crippen molar-refractivity contribution < 1.29 is 15.0 Å². The van der Waals surface area contributed by atoms with Crippen LogP contribution in [0.1, 0.15) is 71.4 Å². The molecule has 2 aliphatic heterocycles. The molecule has 4 rings (SSSR count). The third-order valence-electron chi connectivity index (χ3n) is 6.98. The van der Waals surface area contributed by atoms with Gasteiger partial charge in [0.25, 0.3) is 5.91 Å². The molecule has 2 fully saturated rings. The van der Waals surface area contributed by atoms with Crippen LogP contribution in [0.25, 0.3) is 0 Å². The van der Waals surface area contributed by atoms with Crippen LogP contribution in [-0.2, 0) is 15.1 Å². The Balaban J connectivity index is 1.49. The predicted octanol–water partition coefficient (Wildman–Crippen LogP) is 2.36.